The lowest BCUT2D eigenvalue weighted by Crippen LogP contribution is -2.45. The average Bonchev–Trinajstić information content (AvgIpc) is 3.49. The summed E-state index contributed by atoms with van der Waals surface area (Å²) in [5.41, 5.74) is 0.856. The predicted octanol–water partition coefficient (Wildman–Crippen LogP) is 2.80. The molecule has 0 atom stereocenters. The molecular formula is C24H30N2O7S2. The molecule has 2 aliphatic heterocycles. The highest BCUT2D eigenvalue weighted by Gasteiger charge is 2.46. The number of benzene rings is 1. The molecule has 4 rings (SSSR count). The van der Waals surface area contributed by atoms with E-state index in [1.165, 1.54) is 23.9 Å². The molecule has 1 spiro atoms. The zero-order valence-corrected chi connectivity index (χ0v) is 21.7. The van der Waals surface area contributed by atoms with Crippen LogP contribution < -0.4 is 9.47 Å². The summed E-state index contributed by atoms with van der Waals surface area (Å²) in [6.07, 6.45) is 2.54. The topological polar surface area (TPSA) is 102 Å². The van der Waals surface area contributed by atoms with Gasteiger partial charge in [0.1, 0.15) is 11.3 Å². The molecule has 11 heteroatoms. The molecule has 1 amide bonds. The number of rotatable bonds is 7. The summed E-state index contributed by atoms with van der Waals surface area (Å²) in [5, 5.41) is 1.45. The van der Waals surface area contributed by atoms with Gasteiger partial charge in [0, 0.05) is 31.6 Å². The van der Waals surface area contributed by atoms with Crippen LogP contribution in [0.15, 0.2) is 33.9 Å². The van der Waals surface area contributed by atoms with Crippen molar-refractivity contribution in [2.75, 3.05) is 47.5 Å². The van der Waals surface area contributed by atoms with Crippen LogP contribution in [-0.2, 0) is 26.0 Å². The van der Waals surface area contributed by atoms with Crippen LogP contribution in [0.5, 0.6) is 11.5 Å². The first-order valence-corrected chi connectivity index (χ1v) is 13.7. The summed E-state index contributed by atoms with van der Waals surface area (Å²) in [5.74, 6) is 0.180. The molecule has 0 radical (unpaired) electrons. The molecule has 2 aliphatic rings. The first kappa shape index (κ1) is 25.5. The molecule has 0 N–H and O–H groups in total. The number of nitrogens with zero attached hydrogens (tertiary/aromatic N) is 2. The zero-order valence-electron chi connectivity index (χ0n) is 20.1. The van der Waals surface area contributed by atoms with Gasteiger partial charge in [-0.15, -0.1) is 11.3 Å². The van der Waals surface area contributed by atoms with Crippen molar-refractivity contribution in [3.8, 4) is 11.5 Å². The molecule has 0 unspecified atom stereocenters. The van der Waals surface area contributed by atoms with Gasteiger partial charge in [-0.2, -0.15) is 4.31 Å². The largest absolute Gasteiger partial charge is 0.497 e. The van der Waals surface area contributed by atoms with E-state index in [1.807, 2.05) is 29.2 Å². The summed E-state index contributed by atoms with van der Waals surface area (Å²) in [6, 6.07) is 7.50. The highest BCUT2D eigenvalue weighted by Crippen LogP contribution is 2.44. The summed E-state index contributed by atoms with van der Waals surface area (Å²) in [4.78, 5) is 26.7. The molecule has 1 aromatic carbocycles. The average molecular weight is 523 g/mol. The van der Waals surface area contributed by atoms with Crippen LogP contribution in [0.4, 0.5) is 0 Å². The van der Waals surface area contributed by atoms with Crippen LogP contribution in [-0.4, -0.2) is 77.0 Å². The summed E-state index contributed by atoms with van der Waals surface area (Å²) >= 11 is 0.964. The maximum Gasteiger partial charge on any atom is 0.342 e. The lowest BCUT2D eigenvalue weighted by atomic mass is 9.78. The number of thiophene rings is 1. The van der Waals surface area contributed by atoms with Crippen molar-refractivity contribution in [3.05, 3.63) is 40.8 Å². The molecule has 0 aliphatic carbocycles. The number of esters is 1. The Hall–Kier alpha value is -2.63. The first-order valence-electron chi connectivity index (χ1n) is 11.4. The van der Waals surface area contributed by atoms with Gasteiger partial charge in [-0.1, -0.05) is 12.1 Å². The molecule has 1 aromatic heterocycles. The predicted molar refractivity (Wildman–Crippen MR) is 131 cm³/mol. The Morgan fingerprint density at radius 2 is 1.77 bits per heavy atom. The lowest BCUT2D eigenvalue weighted by molar-refractivity contribution is -0.132. The third kappa shape index (κ3) is 5.03. The maximum absolute atomic E-state index is 13.4. The summed E-state index contributed by atoms with van der Waals surface area (Å²) in [7, 11) is 0.358. The van der Waals surface area contributed by atoms with Gasteiger partial charge >= 0.3 is 5.97 Å². The highest BCUT2D eigenvalue weighted by molar-refractivity contribution is 7.91. The fraction of sp³-hybridized carbons (Fsp3) is 0.500. The smallest absolute Gasteiger partial charge is 0.342 e. The van der Waals surface area contributed by atoms with E-state index in [2.05, 4.69) is 0 Å². The Bertz CT molecular complexity index is 1200. The van der Waals surface area contributed by atoms with Crippen molar-refractivity contribution >= 4 is 33.2 Å². The van der Waals surface area contributed by atoms with E-state index >= 15 is 0 Å². The van der Waals surface area contributed by atoms with Gasteiger partial charge in [-0.05, 0) is 42.4 Å². The van der Waals surface area contributed by atoms with Gasteiger partial charge in [0.05, 0.1) is 27.8 Å². The molecule has 2 saturated heterocycles. The molecule has 2 aromatic rings. The number of likely N-dealkylation sites (tertiary alicyclic amines) is 1. The first-order chi connectivity index (χ1) is 16.7. The van der Waals surface area contributed by atoms with E-state index in [4.69, 9.17) is 14.2 Å². The molecular weight excluding hydrogens is 492 g/mol. The van der Waals surface area contributed by atoms with E-state index in [0.29, 0.717) is 32.6 Å². The minimum atomic E-state index is -3.83. The lowest BCUT2D eigenvalue weighted by Gasteiger charge is -2.39. The van der Waals surface area contributed by atoms with Crippen molar-refractivity contribution in [2.45, 2.75) is 29.9 Å². The second-order valence-electron chi connectivity index (χ2n) is 8.96. The van der Waals surface area contributed by atoms with Crippen molar-refractivity contribution in [1.29, 1.82) is 0 Å². The number of piperidine rings is 1. The monoisotopic (exact) mass is 522 g/mol. The molecule has 35 heavy (non-hydrogen) atoms. The van der Waals surface area contributed by atoms with Crippen molar-refractivity contribution in [3.63, 3.8) is 0 Å². The number of sulfonamides is 1. The third-order valence-electron chi connectivity index (χ3n) is 6.97. The van der Waals surface area contributed by atoms with Crippen molar-refractivity contribution in [2.24, 2.45) is 5.41 Å². The molecule has 0 saturated carbocycles. The minimum absolute atomic E-state index is 0.0170. The van der Waals surface area contributed by atoms with Crippen LogP contribution in [0, 0.1) is 5.41 Å². The number of carbonyl (C=O) groups excluding carboxylic acids is 2. The fourth-order valence-corrected chi connectivity index (χ4v) is 7.99. The van der Waals surface area contributed by atoms with E-state index in [9.17, 15) is 18.0 Å². The third-order valence-corrected chi connectivity index (χ3v) is 10.3. The number of methoxy groups -OCH3 is 3. The van der Waals surface area contributed by atoms with Crippen LogP contribution in [0.3, 0.4) is 0 Å². The van der Waals surface area contributed by atoms with Crippen molar-refractivity contribution < 1.29 is 32.2 Å². The quantitative estimate of drug-likeness (QED) is 0.515. The molecule has 3 heterocycles. The van der Waals surface area contributed by atoms with Gasteiger partial charge in [-0.3, -0.25) is 4.79 Å². The van der Waals surface area contributed by atoms with Crippen LogP contribution in [0.25, 0.3) is 0 Å². The second-order valence-corrected chi connectivity index (χ2v) is 12.0. The highest BCUT2D eigenvalue weighted by atomic mass is 32.2. The molecule has 190 valence electrons. The van der Waals surface area contributed by atoms with Gasteiger partial charge in [0.25, 0.3) is 10.0 Å². The Labute approximate surface area is 209 Å². The minimum Gasteiger partial charge on any atom is -0.497 e. The van der Waals surface area contributed by atoms with Gasteiger partial charge < -0.3 is 19.1 Å². The van der Waals surface area contributed by atoms with Crippen LogP contribution >= 0.6 is 11.3 Å². The summed E-state index contributed by atoms with van der Waals surface area (Å²) in [6.45, 7) is 1.99. The Kier molecular flexibility index (Phi) is 7.39. The fourth-order valence-electron chi connectivity index (χ4n) is 4.88. The normalized spacial score (nSPS) is 18.0. The standard InChI is InChI=1S/C24H30N2O7S2/c1-31-18-6-4-5-17(13-18)14-20(27)25-10-7-24(8-11-25)9-12-26(16-24)35(29,30)23-21(32-2)19(15-34-23)22(28)33-3/h4-6,13,15H,7-12,14,16H2,1-3H3. The van der Waals surface area contributed by atoms with Crippen molar-refractivity contribution in [1.82, 2.24) is 9.21 Å². The number of amides is 1. The Balaban J connectivity index is 1.40. The number of hydrogen-bond donors (Lipinski definition) is 0. The Morgan fingerprint density at radius 1 is 1.06 bits per heavy atom. The van der Waals surface area contributed by atoms with Gasteiger partial charge in [-0.25, -0.2) is 13.2 Å². The molecule has 2 fully saturated rings. The number of ether oxygens (including phenoxy) is 3. The molecule has 9 nitrogen and oxygen atoms in total. The number of carbonyl (C=O) groups is 2. The number of hydrogen-bond acceptors (Lipinski definition) is 8. The van der Waals surface area contributed by atoms with Crippen LogP contribution in [0.1, 0.15) is 35.2 Å². The van der Waals surface area contributed by atoms with E-state index in [1.54, 1.807) is 7.11 Å². The second kappa shape index (κ2) is 10.2. The van der Waals surface area contributed by atoms with E-state index in [0.717, 1.165) is 41.9 Å². The van der Waals surface area contributed by atoms with E-state index < -0.39 is 16.0 Å². The Morgan fingerprint density at radius 3 is 2.43 bits per heavy atom. The van der Waals surface area contributed by atoms with Crippen LogP contribution in [0.2, 0.25) is 0 Å². The maximum atomic E-state index is 13.4. The SMILES string of the molecule is COC(=O)c1csc(S(=O)(=O)N2CCC3(CCN(C(=O)Cc4cccc(OC)c4)CC3)C2)c1OC. The van der Waals surface area contributed by atoms with Gasteiger partial charge in [0.15, 0.2) is 9.96 Å². The van der Waals surface area contributed by atoms with E-state index in [-0.39, 0.29) is 26.8 Å². The summed E-state index contributed by atoms with van der Waals surface area (Å²) < 4.78 is 43.6. The van der Waals surface area contributed by atoms with Gasteiger partial charge in [0.2, 0.25) is 5.91 Å². The zero-order chi connectivity index (χ0) is 25.2. The molecule has 0 bridgehead atoms.